The fourth-order valence-corrected chi connectivity index (χ4v) is 4.94. The van der Waals surface area contributed by atoms with Gasteiger partial charge in [-0.15, -0.1) is 0 Å². The molecule has 1 unspecified atom stereocenters. The van der Waals surface area contributed by atoms with E-state index in [0.29, 0.717) is 22.7 Å². The van der Waals surface area contributed by atoms with Crippen LogP contribution in [0.25, 0.3) is 5.52 Å². The molecule has 4 nitrogen and oxygen atoms in total. The number of pyridine rings is 1. The van der Waals surface area contributed by atoms with Gasteiger partial charge in [0.25, 0.3) is 0 Å². The molecule has 2 N–H and O–H groups in total. The number of hydrogen-bond acceptors (Lipinski definition) is 3. The summed E-state index contributed by atoms with van der Waals surface area (Å²) in [5.41, 5.74) is 11.6. The fraction of sp³-hybridized carbons (Fsp3) is 0.407. The van der Waals surface area contributed by atoms with Gasteiger partial charge in [-0.05, 0) is 67.3 Å². The molecular weight excluding hydrogens is 384 g/mol. The van der Waals surface area contributed by atoms with Crippen molar-refractivity contribution in [2.45, 2.75) is 64.3 Å². The predicted molar refractivity (Wildman–Crippen MR) is 125 cm³/mol. The lowest BCUT2D eigenvalue weighted by Crippen LogP contribution is -2.32. The van der Waals surface area contributed by atoms with Gasteiger partial charge < -0.3 is 10.1 Å². The van der Waals surface area contributed by atoms with Crippen LogP contribution in [0.2, 0.25) is 0 Å². The maximum Gasteiger partial charge on any atom is 0.210 e. The van der Waals surface area contributed by atoms with Gasteiger partial charge in [0.05, 0.1) is 5.69 Å². The first-order valence-corrected chi connectivity index (χ1v) is 11.6. The van der Waals surface area contributed by atoms with Crippen LogP contribution in [-0.4, -0.2) is 22.5 Å². The molecule has 1 fully saturated rings. The summed E-state index contributed by atoms with van der Waals surface area (Å²) in [5, 5.41) is 0. The average molecular weight is 417 g/mol. The average Bonchev–Trinajstić information content (AvgIpc) is 3.20. The monoisotopic (exact) mass is 416 g/mol. The Hall–Kier alpha value is -2.72. The normalized spacial score (nSPS) is 15.8. The first-order valence-electron chi connectivity index (χ1n) is 11.6. The highest BCUT2D eigenvalue weighted by atomic mass is 16.1. The Morgan fingerprint density at radius 1 is 1.13 bits per heavy atom. The number of fused-ring (bicyclic) bond motifs is 1. The first kappa shape index (κ1) is 21.5. The van der Waals surface area contributed by atoms with Gasteiger partial charge in [-0.25, -0.2) is 0 Å². The summed E-state index contributed by atoms with van der Waals surface area (Å²) in [6.07, 6.45) is 11.9. The minimum Gasteiger partial charge on any atom is -0.327 e. The molecule has 0 saturated heterocycles. The highest BCUT2D eigenvalue weighted by molar-refractivity contribution is 6.09. The van der Waals surface area contributed by atoms with Crippen LogP contribution in [0.5, 0.6) is 0 Å². The Kier molecular flexibility index (Phi) is 6.67. The van der Waals surface area contributed by atoms with Gasteiger partial charge in [-0.2, -0.15) is 0 Å². The Balaban J connectivity index is 1.49. The quantitative estimate of drug-likeness (QED) is 0.396. The van der Waals surface area contributed by atoms with Crippen molar-refractivity contribution < 1.29 is 9.59 Å². The van der Waals surface area contributed by atoms with Crippen LogP contribution in [-0.2, 0) is 12.8 Å². The van der Waals surface area contributed by atoms with Crippen LogP contribution in [0, 0.1) is 5.92 Å². The largest absolute Gasteiger partial charge is 0.327 e. The zero-order valence-corrected chi connectivity index (χ0v) is 18.3. The topological polar surface area (TPSA) is 64.6 Å². The van der Waals surface area contributed by atoms with Gasteiger partial charge >= 0.3 is 0 Å². The number of nitrogens with zero attached hydrogens (tertiary/aromatic N) is 1. The lowest BCUT2D eigenvalue weighted by atomic mass is 9.82. The molecule has 0 amide bonds. The van der Waals surface area contributed by atoms with E-state index >= 15 is 0 Å². The number of rotatable bonds is 8. The molecule has 31 heavy (non-hydrogen) atoms. The molecular formula is C27H32N2O2. The summed E-state index contributed by atoms with van der Waals surface area (Å²) in [6.45, 7) is 2.05. The van der Waals surface area contributed by atoms with Gasteiger partial charge in [0.2, 0.25) is 5.78 Å². The second kappa shape index (κ2) is 9.61. The molecule has 2 heterocycles. The number of aryl methyl sites for hydroxylation is 2. The van der Waals surface area contributed by atoms with E-state index in [4.69, 9.17) is 5.73 Å². The van der Waals surface area contributed by atoms with Gasteiger partial charge in [-0.3, -0.25) is 9.59 Å². The summed E-state index contributed by atoms with van der Waals surface area (Å²) in [6, 6.07) is 13.8. The van der Waals surface area contributed by atoms with Crippen LogP contribution < -0.4 is 5.73 Å². The van der Waals surface area contributed by atoms with Gasteiger partial charge in [-0.1, -0.05) is 50.5 Å². The van der Waals surface area contributed by atoms with Crippen LogP contribution in [0.4, 0.5) is 0 Å². The van der Waals surface area contributed by atoms with Crippen LogP contribution >= 0.6 is 0 Å². The standard InChI is InChI=1S/C27H32N2O2/c1-2-21-17-24-16-20(18-30)14-15-29(24)26(21)27(31)23-11-8-19(9-12-23)10-13-25(28)22-6-4-3-5-7-22/h8-9,11-12,14-18,22,25H,2-7,10,13,28H2,1H3. The maximum absolute atomic E-state index is 13.3. The van der Waals surface area contributed by atoms with Crippen molar-refractivity contribution >= 4 is 17.6 Å². The second-order valence-electron chi connectivity index (χ2n) is 8.87. The Labute approximate surface area is 184 Å². The molecule has 1 atom stereocenters. The Morgan fingerprint density at radius 3 is 2.55 bits per heavy atom. The Morgan fingerprint density at radius 2 is 1.87 bits per heavy atom. The summed E-state index contributed by atoms with van der Waals surface area (Å²) in [4.78, 5) is 24.4. The smallest absolute Gasteiger partial charge is 0.210 e. The number of benzene rings is 1. The van der Waals surface area contributed by atoms with Crippen molar-refractivity contribution in [3.8, 4) is 0 Å². The molecule has 162 valence electrons. The molecule has 4 heteroatoms. The summed E-state index contributed by atoms with van der Waals surface area (Å²) < 4.78 is 1.89. The molecule has 4 rings (SSSR count). The molecule has 0 bridgehead atoms. The van der Waals surface area contributed by atoms with Gasteiger partial charge in [0.15, 0.2) is 0 Å². The fourth-order valence-electron chi connectivity index (χ4n) is 4.94. The third kappa shape index (κ3) is 4.64. The maximum atomic E-state index is 13.3. The Bertz CT molecular complexity index is 1060. The van der Waals surface area contributed by atoms with E-state index in [1.54, 1.807) is 6.07 Å². The molecule has 1 aromatic carbocycles. The molecule has 1 aliphatic carbocycles. The number of aromatic nitrogens is 1. The minimum absolute atomic E-state index is 0.0150. The molecule has 0 radical (unpaired) electrons. The SMILES string of the molecule is CCc1cc2cc(C=O)ccn2c1C(=O)c1ccc(CCC(N)C2CCCCC2)cc1. The van der Waals surface area contributed by atoms with Crippen LogP contribution in [0.15, 0.2) is 48.7 Å². The number of carbonyl (C=O) groups is 2. The minimum atomic E-state index is 0.0150. The molecule has 0 spiro atoms. The van der Waals surface area contributed by atoms with Gasteiger partial charge in [0.1, 0.15) is 6.29 Å². The van der Waals surface area contributed by atoms with E-state index in [1.807, 2.05) is 41.8 Å². The van der Waals surface area contributed by atoms with Gasteiger partial charge in [0, 0.05) is 28.9 Å². The lowest BCUT2D eigenvalue weighted by Gasteiger charge is -2.27. The summed E-state index contributed by atoms with van der Waals surface area (Å²) in [5.74, 6) is 0.686. The molecule has 0 aliphatic heterocycles. The molecule has 1 saturated carbocycles. The highest BCUT2D eigenvalue weighted by Gasteiger charge is 2.21. The van der Waals surface area contributed by atoms with E-state index in [0.717, 1.165) is 36.6 Å². The first-order chi connectivity index (χ1) is 15.1. The number of nitrogens with two attached hydrogens (primary N) is 1. The van der Waals surface area contributed by atoms with E-state index < -0.39 is 0 Å². The van der Waals surface area contributed by atoms with Crippen molar-refractivity contribution in [2.75, 3.05) is 0 Å². The molecule has 3 aromatic rings. The summed E-state index contributed by atoms with van der Waals surface area (Å²) in [7, 11) is 0. The number of hydrogen-bond donors (Lipinski definition) is 1. The zero-order chi connectivity index (χ0) is 21.8. The van der Waals surface area contributed by atoms with Crippen molar-refractivity contribution in [2.24, 2.45) is 11.7 Å². The third-order valence-electron chi connectivity index (χ3n) is 6.85. The number of ketones is 1. The van der Waals surface area contributed by atoms with Crippen molar-refractivity contribution in [1.82, 2.24) is 4.40 Å². The van der Waals surface area contributed by atoms with E-state index in [-0.39, 0.29) is 11.8 Å². The predicted octanol–water partition coefficient (Wildman–Crippen LogP) is 5.39. The summed E-state index contributed by atoms with van der Waals surface area (Å²) >= 11 is 0. The van der Waals surface area contributed by atoms with Crippen LogP contribution in [0.1, 0.15) is 83.0 Å². The second-order valence-corrected chi connectivity index (χ2v) is 8.87. The van der Waals surface area contributed by atoms with E-state index in [2.05, 4.69) is 12.1 Å². The van der Waals surface area contributed by atoms with Crippen LogP contribution in [0.3, 0.4) is 0 Å². The third-order valence-corrected chi connectivity index (χ3v) is 6.85. The highest BCUT2D eigenvalue weighted by Crippen LogP contribution is 2.27. The van der Waals surface area contributed by atoms with E-state index in [1.165, 1.54) is 37.7 Å². The van der Waals surface area contributed by atoms with Crippen molar-refractivity contribution in [1.29, 1.82) is 0 Å². The van der Waals surface area contributed by atoms with Crippen molar-refractivity contribution in [3.05, 3.63) is 76.6 Å². The zero-order valence-electron chi connectivity index (χ0n) is 18.3. The molecule has 2 aromatic heterocycles. The lowest BCUT2D eigenvalue weighted by molar-refractivity contribution is 0.103. The number of aldehydes is 1. The molecule has 1 aliphatic rings. The van der Waals surface area contributed by atoms with Crippen molar-refractivity contribution in [3.63, 3.8) is 0 Å². The number of carbonyl (C=O) groups excluding carboxylic acids is 2. The van der Waals surface area contributed by atoms with E-state index in [9.17, 15) is 9.59 Å².